The maximum absolute atomic E-state index is 5.95. The van der Waals surface area contributed by atoms with E-state index in [9.17, 15) is 0 Å². The van der Waals surface area contributed by atoms with Crippen molar-refractivity contribution in [1.82, 2.24) is 4.98 Å². The lowest BCUT2D eigenvalue weighted by atomic mass is 10.0. The first kappa shape index (κ1) is 10.8. The van der Waals surface area contributed by atoms with Crippen LogP contribution in [0.25, 0.3) is 0 Å². The molecule has 92 valence electrons. The van der Waals surface area contributed by atoms with Crippen molar-refractivity contribution in [3.05, 3.63) is 18.5 Å². The lowest BCUT2D eigenvalue weighted by Crippen LogP contribution is -2.49. The Morgan fingerprint density at radius 3 is 2.94 bits per heavy atom. The Morgan fingerprint density at radius 2 is 2.18 bits per heavy atom. The molecule has 0 aromatic carbocycles. The Morgan fingerprint density at radius 1 is 1.35 bits per heavy atom. The molecule has 5 heteroatoms. The fraction of sp³-hybridized carbons (Fsp3) is 0.583. The molecule has 17 heavy (non-hydrogen) atoms. The Bertz CT molecular complexity index is 404. The number of hydrogen-bond acceptors (Lipinski definition) is 5. The van der Waals surface area contributed by atoms with E-state index in [-0.39, 0.29) is 0 Å². The number of nitrogens with zero attached hydrogens (tertiary/aromatic N) is 2. The normalized spacial score (nSPS) is 23.2. The van der Waals surface area contributed by atoms with E-state index in [0.717, 1.165) is 31.6 Å². The fourth-order valence-electron chi connectivity index (χ4n) is 2.61. The smallest absolute Gasteiger partial charge is 0.186 e. The van der Waals surface area contributed by atoms with Gasteiger partial charge in [-0.1, -0.05) is 0 Å². The second kappa shape index (κ2) is 4.16. The van der Waals surface area contributed by atoms with E-state index in [4.69, 9.17) is 15.2 Å². The summed E-state index contributed by atoms with van der Waals surface area (Å²) in [6, 6.07) is 1.95. The van der Waals surface area contributed by atoms with Crippen molar-refractivity contribution in [2.24, 2.45) is 0 Å². The largest absolute Gasteiger partial charge is 0.396 e. The van der Waals surface area contributed by atoms with Gasteiger partial charge in [-0.2, -0.15) is 0 Å². The van der Waals surface area contributed by atoms with Crippen molar-refractivity contribution in [2.45, 2.75) is 18.6 Å². The molecule has 1 aromatic rings. The van der Waals surface area contributed by atoms with Crippen molar-refractivity contribution in [1.29, 1.82) is 0 Å². The zero-order valence-corrected chi connectivity index (χ0v) is 9.76. The minimum absolute atomic E-state index is 0.409. The van der Waals surface area contributed by atoms with Crippen LogP contribution in [0.15, 0.2) is 18.5 Å². The molecule has 5 nitrogen and oxygen atoms in total. The molecule has 0 aliphatic carbocycles. The van der Waals surface area contributed by atoms with Crippen LogP contribution >= 0.6 is 0 Å². The molecule has 2 aliphatic heterocycles. The summed E-state index contributed by atoms with van der Waals surface area (Å²) in [4.78, 5) is 6.24. The number of nitrogens with two attached hydrogens (primary N) is 1. The lowest BCUT2D eigenvalue weighted by Gasteiger charge is -2.40. The van der Waals surface area contributed by atoms with Gasteiger partial charge in [-0.25, -0.2) is 0 Å². The number of nitrogen functional groups attached to an aromatic ring is 1. The molecule has 0 radical (unpaired) electrons. The summed E-state index contributed by atoms with van der Waals surface area (Å²) in [7, 11) is 0. The van der Waals surface area contributed by atoms with Gasteiger partial charge in [-0.15, -0.1) is 0 Å². The van der Waals surface area contributed by atoms with Crippen LogP contribution in [-0.2, 0) is 9.47 Å². The summed E-state index contributed by atoms with van der Waals surface area (Å²) >= 11 is 0. The lowest BCUT2D eigenvalue weighted by molar-refractivity contribution is -0.161. The Labute approximate surface area is 101 Å². The number of aromatic nitrogens is 1. The van der Waals surface area contributed by atoms with Crippen molar-refractivity contribution >= 4 is 11.4 Å². The highest BCUT2D eigenvalue weighted by Gasteiger charge is 2.41. The highest BCUT2D eigenvalue weighted by atomic mass is 16.7. The molecule has 0 unspecified atom stereocenters. The summed E-state index contributed by atoms with van der Waals surface area (Å²) in [5, 5.41) is 0. The highest BCUT2D eigenvalue weighted by molar-refractivity contribution is 5.66. The van der Waals surface area contributed by atoms with E-state index in [2.05, 4.69) is 9.88 Å². The number of rotatable bonds is 1. The summed E-state index contributed by atoms with van der Waals surface area (Å²) in [6.45, 7) is 3.13. The van der Waals surface area contributed by atoms with E-state index in [1.165, 1.54) is 0 Å². The van der Waals surface area contributed by atoms with Crippen LogP contribution in [-0.4, -0.2) is 37.1 Å². The van der Waals surface area contributed by atoms with E-state index in [1.807, 2.05) is 6.07 Å². The third-order valence-electron chi connectivity index (χ3n) is 3.40. The number of pyridine rings is 1. The van der Waals surface area contributed by atoms with Crippen LogP contribution < -0.4 is 10.6 Å². The molecule has 2 aliphatic rings. The average molecular weight is 235 g/mol. The van der Waals surface area contributed by atoms with Crippen molar-refractivity contribution in [3.63, 3.8) is 0 Å². The summed E-state index contributed by atoms with van der Waals surface area (Å²) in [5.74, 6) is -0.409. The maximum atomic E-state index is 5.95. The van der Waals surface area contributed by atoms with Gasteiger partial charge in [0.05, 0.1) is 37.3 Å². The van der Waals surface area contributed by atoms with Crippen LogP contribution in [0.5, 0.6) is 0 Å². The molecule has 0 amide bonds. The molecule has 2 N–H and O–H groups in total. The second-order valence-corrected chi connectivity index (χ2v) is 4.57. The first-order chi connectivity index (χ1) is 8.29. The average Bonchev–Trinajstić information content (AvgIpc) is 2.78. The third kappa shape index (κ3) is 1.96. The predicted octanol–water partition coefficient (Wildman–Crippen LogP) is 1.01. The molecule has 3 rings (SSSR count). The highest BCUT2D eigenvalue weighted by Crippen LogP contribution is 2.34. The topological polar surface area (TPSA) is 60.6 Å². The van der Waals surface area contributed by atoms with Crippen molar-refractivity contribution in [3.8, 4) is 0 Å². The Kier molecular flexibility index (Phi) is 2.64. The van der Waals surface area contributed by atoms with E-state index in [1.54, 1.807) is 12.4 Å². The van der Waals surface area contributed by atoms with E-state index in [0.29, 0.717) is 18.9 Å². The fourth-order valence-corrected chi connectivity index (χ4v) is 2.61. The van der Waals surface area contributed by atoms with Crippen LogP contribution in [0.4, 0.5) is 11.4 Å². The van der Waals surface area contributed by atoms with Crippen LogP contribution in [0.3, 0.4) is 0 Å². The second-order valence-electron chi connectivity index (χ2n) is 4.57. The summed E-state index contributed by atoms with van der Waals surface area (Å²) in [5.41, 5.74) is 7.69. The van der Waals surface area contributed by atoms with Gasteiger partial charge in [-0.05, 0) is 12.5 Å². The summed E-state index contributed by atoms with van der Waals surface area (Å²) < 4.78 is 11.5. The number of hydrogen-bond donors (Lipinski definition) is 1. The maximum Gasteiger partial charge on any atom is 0.186 e. The Balaban J connectivity index is 1.82. The van der Waals surface area contributed by atoms with Gasteiger partial charge in [0.1, 0.15) is 0 Å². The van der Waals surface area contributed by atoms with E-state index >= 15 is 0 Å². The molecule has 2 fully saturated rings. The van der Waals surface area contributed by atoms with Gasteiger partial charge in [0.15, 0.2) is 5.79 Å². The number of piperidine rings is 1. The Hall–Kier alpha value is -1.33. The van der Waals surface area contributed by atoms with Gasteiger partial charge in [0.25, 0.3) is 0 Å². The zero-order chi connectivity index (χ0) is 11.7. The molecule has 0 atom stereocenters. The molecule has 1 aromatic heterocycles. The molecular weight excluding hydrogens is 218 g/mol. The molecule has 1 spiro atoms. The third-order valence-corrected chi connectivity index (χ3v) is 3.40. The number of ether oxygens (including phenoxy) is 2. The van der Waals surface area contributed by atoms with Crippen molar-refractivity contribution < 1.29 is 9.47 Å². The SMILES string of the molecule is Nc1cnccc1N1CCCC2(C1)OCCO2. The minimum atomic E-state index is -0.409. The molecule has 2 saturated heterocycles. The van der Waals surface area contributed by atoms with Gasteiger partial charge in [-0.3, -0.25) is 4.98 Å². The first-order valence-corrected chi connectivity index (χ1v) is 6.01. The molecule has 3 heterocycles. The molecular formula is C12H17N3O2. The molecule has 0 saturated carbocycles. The van der Waals surface area contributed by atoms with Crippen LogP contribution in [0.1, 0.15) is 12.8 Å². The van der Waals surface area contributed by atoms with E-state index < -0.39 is 5.79 Å². The van der Waals surface area contributed by atoms with Gasteiger partial charge in [0.2, 0.25) is 0 Å². The quantitative estimate of drug-likeness (QED) is 0.787. The predicted molar refractivity (Wildman–Crippen MR) is 64.7 cm³/mol. The first-order valence-electron chi connectivity index (χ1n) is 6.01. The standard InChI is InChI=1S/C12H17N3O2/c13-10-8-14-4-2-11(10)15-5-1-3-12(9-15)16-6-7-17-12/h2,4,8H,1,3,5-7,9,13H2. The number of anilines is 2. The van der Waals surface area contributed by atoms with Crippen molar-refractivity contribution in [2.75, 3.05) is 36.9 Å². The minimum Gasteiger partial charge on any atom is -0.396 e. The van der Waals surface area contributed by atoms with Gasteiger partial charge in [0, 0.05) is 19.2 Å². The van der Waals surface area contributed by atoms with Crippen LogP contribution in [0.2, 0.25) is 0 Å². The molecule has 0 bridgehead atoms. The van der Waals surface area contributed by atoms with Crippen LogP contribution in [0, 0.1) is 0 Å². The van der Waals surface area contributed by atoms with Gasteiger partial charge < -0.3 is 20.1 Å². The summed E-state index contributed by atoms with van der Waals surface area (Å²) in [6.07, 6.45) is 5.48. The monoisotopic (exact) mass is 235 g/mol. The zero-order valence-electron chi connectivity index (χ0n) is 9.76. The van der Waals surface area contributed by atoms with Gasteiger partial charge >= 0.3 is 0 Å².